The molecule has 10 heteroatoms. The van der Waals surface area contributed by atoms with Gasteiger partial charge in [-0.25, -0.2) is 12.8 Å². The van der Waals surface area contributed by atoms with Crippen LogP contribution in [0.4, 0.5) is 17.6 Å². The van der Waals surface area contributed by atoms with Crippen molar-refractivity contribution in [2.75, 3.05) is 26.0 Å². The highest BCUT2D eigenvalue weighted by molar-refractivity contribution is 7.90. The monoisotopic (exact) mass is 553 g/mol. The third-order valence-corrected chi connectivity index (χ3v) is 7.44. The van der Waals surface area contributed by atoms with E-state index >= 15 is 0 Å². The third kappa shape index (κ3) is 8.02. The second-order valence-corrected chi connectivity index (χ2v) is 11.1. The first-order chi connectivity index (χ1) is 17.9. The lowest BCUT2D eigenvalue weighted by Crippen LogP contribution is -2.28. The number of sulfone groups is 1. The number of rotatable bonds is 12. The fraction of sp³-hybridized carbons (Fsp3) is 0.357. The van der Waals surface area contributed by atoms with Crippen LogP contribution in [0, 0.1) is 12.7 Å². The number of aliphatic hydroxyl groups is 1. The van der Waals surface area contributed by atoms with Gasteiger partial charge in [0.1, 0.15) is 11.6 Å². The van der Waals surface area contributed by atoms with Crippen LogP contribution >= 0.6 is 0 Å². The van der Waals surface area contributed by atoms with Crippen molar-refractivity contribution in [3.63, 3.8) is 0 Å². The molecule has 0 saturated carbocycles. The molecule has 0 saturated heterocycles. The molecule has 0 fully saturated rings. The number of halogens is 4. The summed E-state index contributed by atoms with van der Waals surface area (Å²) in [4.78, 5) is 1.70. The van der Waals surface area contributed by atoms with E-state index in [-0.39, 0.29) is 28.4 Å². The van der Waals surface area contributed by atoms with E-state index in [0.717, 1.165) is 24.0 Å². The zero-order valence-electron chi connectivity index (χ0n) is 21.3. The van der Waals surface area contributed by atoms with Gasteiger partial charge in [-0.15, -0.1) is 0 Å². The molecule has 0 heterocycles. The molecule has 0 radical (unpaired) electrons. The number of ether oxygens (including phenoxy) is 1. The SMILES string of the molecule is Cc1c(CN(CCCOc2cc(F)c(CO)c(S(C)(=O)=O)c2)CCc2ccccc2)cccc1C(F)(F)F. The number of benzene rings is 3. The lowest BCUT2D eigenvalue weighted by Gasteiger charge is -2.24. The molecule has 0 aliphatic rings. The van der Waals surface area contributed by atoms with E-state index in [4.69, 9.17) is 4.74 Å². The van der Waals surface area contributed by atoms with E-state index in [0.29, 0.717) is 38.0 Å². The summed E-state index contributed by atoms with van der Waals surface area (Å²) >= 11 is 0. The van der Waals surface area contributed by atoms with Gasteiger partial charge >= 0.3 is 6.18 Å². The Balaban J connectivity index is 1.71. The highest BCUT2D eigenvalue weighted by atomic mass is 32.2. The summed E-state index contributed by atoms with van der Waals surface area (Å²) in [7, 11) is -3.79. The Hall–Kier alpha value is -2.95. The molecule has 0 unspecified atom stereocenters. The van der Waals surface area contributed by atoms with Gasteiger partial charge in [-0.3, -0.25) is 4.90 Å². The first-order valence-electron chi connectivity index (χ1n) is 12.1. The van der Waals surface area contributed by atoms with Gasteiger partial charge in [-0.1, -0.05) is 42.5 Å². The Morgan fingerprint density at radius 2 is 1.71 bits per heavy atom. The first-order valence-corrected chi connectivity index (χ1v) is 14.0. The van der Waals surface area contributed by atoms with Crippen LogP contribution in [-0.4, -0.2) is 44.4 Å². The highest BCUT2D eigenvalue weighted by Gasteiger charge is 2.33. The largest absolute Gasteiger partial charge is 0.493 e. The molecular formula is C28H31F4NO4S. The molecule has 0 aliphatic carbocycles. The van der Waals surface area contributed by atoms with Crippen LogP contribution < -0.4 is 4.74 Å². The maximum atomic E-state index is 14.3. The highest BCUT2D eigenvalue weighted by Crippen LogP contribution is 2.33. The molecule has 206 valence electrons. The molecule has 3 aromatic rings. The lowest BCUT2D eigenvalue weighted by atomic mass is 10.0. The molecular weight excluding hydrogens is 522 g/mol. The minimum atomic E-state index is -4.44. The van der Waals surface area contributed by atoms with E-state index in [1.165, 1.54) is 19.1 Å². The second kappa shape index (κ2) is 12.7. The summed E-state index contributed by atoms with van der Waals surface area (Å²) in [5, 5.41) is 9.35. The van der Waals surface area contributed by atoms with E-state index in [2.05, 4.69) is 0 Å². The van der Waals surface area contributed by atoms with E-state index in [1.807, 2.05) is 35.2 Å². The number of alkyl halides is 3. The van der Waals surface area contributed by atoms with Gasteiger partial charge < -0.3 is 9.84 Å². The van der Waals surface area contributed by atoms with Gasteiger partial charge in [-0.2, -0.15) is 13.2 Å². The zero-order valence-corrected chi connectivity index (χ0v) is 22.1. The van der Waals surface area contributed by atoms with Gasteiger partial charge in [0.2, 0.25) is 0 Å². The van der Waals surface area contributed by atoms with Crippen LogP contribution in [0.5, 0.6) is 5.75 Å². The molecule has 1 N–H and O–H groups in total. The van der Waals surface area contributed by atoms with Crippen molar-refractivity contribution in [2.45, 2.75) is 44.0 Å². The Morgan fingerprint density at radius 1 is 1.00 bits per heavy atom. The molecule has 0 amide bonds. The number of nitrogens with zero attached hydrogens (tertiary/aromatic N) is 1. The number of hydrogen-bond acceptors (Lipinski definition) is 5. The van der Waals surface area contributed by atoms with Crippen molar-refractivity contribution < 1.29 is 35.8 Å². The maximum absolute atomic E-state index is 14.3. The van der Waals surface area contributed by atoms with Crippen LogP contribution in [-0.2, 0) is 35.6 Å². The van der Waals surface area contributed by atoms with Gasteiger partial charge in [0, 0.05) is 37.5 Å². The fourth-order valence-corrected chi connectivity index (χ4v) is 5.18. The predicted octanol–water partition coefficient (Wildman–Crippen LogP) is 5.56. The van der Waals surface area contributed by atoms with Gasteiger partial charge in [-0.05, 0) is 48.6 Å². The summed E-state index contributed by atoms with van der Waals surface area (Å²) in [5.74, 6) is -0.861. The molecule has 0 atom stereocenters. The van der Waals surface area contributed by atoms with E-state index in [9.17, 15) is 31.1 Å². The van der Waals surface area contributed by atoms with Crippen molar-refractivity contribution in [2.24, 2.45) is 0 Å². The first kappa shape index (κ1) is 29.6. The van der Waals surface area contributed by atoms with Crippen molar-refractivity contribution in [3.05, 3.63) is 94.3 Å². The Morgan fingerprint density at radius 3 is 2.34 bits per heavy atom. The van der Waals surface area contributed by atoms with Gasteiger partial charge in [0.15, 0.2) is 9.84 Å². The average Bonchev–Trinajstić information content (AvgIpc) is 2.85. The molecule has 0 aliphatic heterocycles. The molecule has 5 nitrogen and oxygen atoms in total. The van der Waals surface area contributed by atoms with Crippen molar-refractivity contribution in [1.82, 2.24) is 4.90 Å². The smallest absolute Gasteiger partial charge is 0.416 e. The quantitative estimate of drug-likeness (QED) is 0.235. The van der Waals surface area contributed by atoms with E-state index < -0.39 is 34.0 Å². The normalized spacial score (nSPS) is 12.2. The Bertz CT molecular complexity index is 1330. The molecule has 0 bridgehead atoms. The summed E-state index contributed by atoms with van der Waals surface area (Å²) in [5.41, 5.74) is 0.893. The Labute approximate surface area is 220 Å². The molecule has 38 heavy (non-hydrogen) atoms. The van der Waals surface area contributed by atoms with Crippen molar-refractivity contribution in [3.8, 4) is 5.75 Å². The molecule has 0 aromatic heterocycles. The molecule has 3 rings (SSSR count). The van der Waals surface area contributed by atoms with Crippen LogP contribution in [0.3, 0.4) is 0 Å². The van der Waals surface area contributed by atoms with Crippen LogP contribution in [0.25, 0.3) is 0 Å². The number of aliphatic hydroxyl groups excluding tert-OH is 1. The van der Waals surface area contributed by atoms with Crippen LogP contribution in [0.15, 0.2) is 65.6 Å². The predicted molar refractivity (Wildman–Crippen MR) is 137 cm³/mol. The van der Waals surface area contributed by atoms with Gasteiger partial charge in [0.25, 0.3) is 0 Å². The van der Waals surface area contributed by atoms with Crippen molar-refractivity contribution >= 4 is 9.84 Å². The third-order valence-electron chi connectivity index (χ3n) is 6.28. The zero-order chi connectivity index (χ0) is 27.9. The van der Waals surface area contributed by atoms with Crippen LogP contribution in [0.1, 0.15) is 34.2 Å². The standard InChI is InChI=1S/C28H31F4NO4S/c1-20-22(10-6-11-25(20)28(30,31)32)18-33(14-12-21-8-4-3-5-9-21)13-7-15-37-23-16-26(29)24(19-34)27(17-23)38(2,35)36/h3-6,8-11,16-17,34H,7,12-15,18-19H2,1-2H3. The average molecular weight is 554 g/mol. The minimum absolute atomic E-state index is 0.0182. The van der Waals surface area contributed by atoms with E-state index in [1.54, 1.807) is 6.07 Å². The summed E-state index contributed by atoms with van der Waals surface area (Å²) in [6.07, 6.45) is -2.35. The van der Waals surface area contributed by atoms with Crippen molar-refractivity contribution in [1.29, 1.82) is 0 Å². The fourth-order valence-electron chi connectivity index (χ4n) is 4.24. The summed E-state index contributed by atoms with van der Waals surface area (Å²) < 4.78 is 84.2. The molecule has 0 spiro atoms. The number of hydrogen-bond donors (Lipinski definition) is 1. The minimum Gasteiger partial charge on any atom is -0.493 e. The lowest BCUT2D eigenvalue weighted by molar-refractivity contribution is -0.138. The van der Waals surface area contributed by atoms with Crippen LogP contribution in [0.2, 0.25) is 0 Å². The van der Waals surface area contributed by atoms with Gasteiger partial charge in [0.05, 0.1) is 23.7 Å². The Kier molecular flexibility index (Phi) is 9.92. The maximum Gasteiger partial charge on any atom is 0.416 e. The molecule has 3 aromatic carbocycles. The summed E-state index contributed by atoms with van der Waals surface area (Å²) in [6.45, 7) is 2.22. The summed E-state index contributed by atoms with van der Waals surface area (Å²) in [6, 6.07) is 16.1. The topological polar surface area (TPSA) is 66.8 Å². The second-order valence-electron chi connectivity index (χ2n) is 9.11.